The molecule has 0 fully saturated rings. The number of nitrogens with zero attached hydrogens (tertiary/aromatic N) is 1. The minimum Gasteiger partial charge on any atom is -0.396 e. The molecule has 0 spiro atoms. The number of aliphatic hydroxyl groups is 2. The van der Waals surface area contributed by atoms with Crippen molar-refractivity contribution in [3.8, 4) is 0 Å². The van der Waals surface area contributed by atoms with Crippen molar-refractivity contribution in [2.45, 2.75) is 18.9 Å². The van der Waals surface area contributed by atoms with Gasteiger partial charge in [0.2, 0.25) is 0 Å². The highest BCUT2D eigenvalue weighted by Crippen LogP contribution is 2.47. The molecule has 24 heavy (non-hydrogen) atoms. The Labute approximate surface area is 141 Å². The van der Waals surface area contributed by atoms with E-state index in [0.29, 0.717) is 17.7 Å². The van der Waals surface area contributed by atoms with E-state index < -0.39 is 11.5 Å². The molecule has 0 radical (unpaired) electrons. The molecule has 1 aliphatic heterocycles. The molecule has 2 atom stereocenters. The maximum absolute atomic E-state index is 13.2. The largest absolute Gasteiger partial charge is 0.396 e. The molecule has 4 heteroatoms. The summed E-state index contributed by atoms with van der Waals surface area (Å²) in [6, 6.07) is 16.7. The second-order valence-corrected chi connectivity index (χ2v) is 5.99. The minimum atomic E-state index is -1.61. The Balaban J connectivity index is 2.08. The molecule has 4 nitrogen and oxygen atoms in total. The van der Waals surface area contributed by atoms with Crippen LogP contribution < -0.4 is 4.90 Å². The average molecular weight is 323 g/mol. The van der Waals surface area contributed by atoms with Crippen molar-refractivity contribution in [2.24, 2.45) is 5.92 Å². The average Bonchev–Trinajstić information content (AvgIpc) is 2.85. The zero-order valence-corrected chi connectivity index (χ0v) is 13.6. The van der Waals surface area contributed by atoms with Crippen molar-refractivity contribution >= 4 is 17.3 Å². The quantitative estimate of drug-likeness (QED) is 0.831. The summed E-state index contributed by atoms with van der Waals surface area (Å²) in [6.07, 6.45) is 4.09. The van der Waals surface area contributed by atoms with Crippen LogP contribution in [0.1, 0.15) is 18.9 Å². The summed E-state index contributed by atoms with van der Waals surface area (Å²) in [7, 11) is 0. The van der Waals surface area contributed by atoms with E-state index in [-0.39, 0.29) is 12.5 Å². The Morgan fingerprint density at radius 2 is 1.79 bits per heavy atom. The number of hydrogen-bond donors (Lipinski definition) is 2. The molecule has 0 saturated heterocycles. The third kappa shape index (κ3) is 2.54. The van der Waals surface area contributed by atoms with Crippen LogP contribution in [0.2, 0.25) is 0 Å². The summed E-state index contributed by atoms with van der Waals surface area (Å²) >= 11 is 0. The van der Waals surface area contributed by atoms with Gasteiger partial charge in [-0.2, -0.15) is 0 Å². The molecule has 0 saturated carbocycles. The molecule has 2 aromatic rings. The van der Waals surface area contributed by atoms with Crippen LogP contribution in [0.25, 0.3) is 0 Å². The second-order valence-electron chi connectivity index (χ2n) is 5.99. The van der Waals surface area contributed by atoms with E-state index >= 15 is 0 Å². The number of fused-ring (bicyclic) bond motifs is 1. The van der Waals surface area contributed by atoms with Gasteiger partial charge in [0.05, 0.1) is 5.69 Å². The van der Waals surface area contributed by atoms with E-state index in [2.05, 4.69) is 0 Å². The molecule has 0 aromatic heterocycles. The third-order valence-corrected chi connectivity index (χ3v) is 4.48. The molecule has 1 aliphatic rings. The van der Waals surface area contributed by atoms with Crippen molar-refractivity contribution in [2.75, 3.05) is 11.5 Å². The fourth-order valence-electron chi connectivity index (χ4n) is 3.17. The molecule has 2 N–H and O–H groups in total. The normalized spacial score (nSPS) is 21.3. The first-order valence-electron chi connectivity index (χ1n) is 8.09. The van der Waals surface area contributed by atoms with E-state index in [1.165, 1.54) is 0 Å². The predicted molar refractivity (Wildman–Crippen MR) is 93.9 cm³/mol. The van der Waals surface area contributed by atoms with Gasteiger partial charge in [-0.25, -0.2) is 0 Å². The number of hydrogen-bond acceptors (Lipinski definition) is 3. The first-order chi connectivity index (χ1) is 11.6. The van der Waals surface area contributed by atoms with Gasteiger partial charge in [-0.15, -0.1) is 0 Å². The van der Waals surface area contributed by atoms with Crippen molar-refractivity contribution in [1.29, 1.82) is 0 Å². The monoisotopic (exact) mass is 323 g/mol. The summed E-state index contributed by atoms with van der Waals surface area (Å²) in [5.41, 5.74) is 0.439. The molecule has 0 bridgehead atoms. The van der Waals surface area contributed by atoms with Crippen LogP contribution in [0, 0.1) is 5.92 Å². The molecular formula is C20H21NO3. The van der Waals surface area contributed by atoms with Gasteiger partial charge in [0, 0.05) is 23.8 Å². The van der Waals surface area contributed by atoms with E-state index in [1.54, 1.807) is 23.1 Å². The zero-order valence-electron chi connectivity index (χ0n) is 13.6. The number of rotatable bonds is 5. The van der Waals surface area contributed by atoms with Gasteiger partial charge >= 0.3 is 0 Å². The second kappa shape index (κ2) is 6.59. The van der Waals surface area contributed by atoms with Gasteiger partial charge in [-0.3, -0.25) is 9.69 Å². The highest BCUT2D eigenvalue weighted by Gasteiger charge is 2.52. The Hall–Kier alpha value is -2.43. The SMILES string of the molecule is C[C@H](/C=C/CCO)[C@@]1(O)C(=O)N(c2ccccc2)c2ccccc21. The van der Waals surface area contributed by atoms with E-state index in [1.807, 2.05) is 55.5 Å². The predicted octanol–water partition coefficient (Wildman–Crippen LogP) is 3.13. The lowest BCUT2D eigenvalue weighted by molar-refractivity contribution is -0.138. The van der Waals surface area contributed by atoms with Gasteiger partial charge in [0.1, 0.15) is 0 Å². The smallest absolute Gasteiger partial charge is 0.268 e. The molecule has 0 unspecified atom stereocenters. The molecule has 1 amide bonds. The number of benzene rings is 2. The van der Waals surface area contributed by atoms with Crippen LogP contribution in [0.3, 0.4) is 0 Å². The molecule has 3 rings (SSSR count). The fraction of sp³-hybridized carbons (Fsp3) is 0.250. The van der Waals surface area contributed by atoms with E-state index in [9.17, 15) is 9.90 Å². The molecule has 2 aromatic carbocycles. The lowest BCUT2D eigenvalue weighted by atomic mass is 9.83. The number of amides is 1. The van der Waals surface area contributed by atoms with Gasteiger partial charge < -0.3 is 10.2 Å². The minimum absolute atomic E-state index is 0.0440. The van der Waals surface area contributed by atoms with Gasteiger partial charge in [-0.05, 0) is 24.6 Å². The Morgan fingerprint density at radius 3 is 2.50 bits per heavy atom. The highest BCUT2D eigenvalue weighted by atomic mass is 16.3. The molecular weight excluding hydrogens is 302 g/mol. The van der Waals surface area contributed by atoms with Crippen molar-refractivity contribution in [3.05, 3.63) is 72.3 Å². The van der Waals surface area contributed by atoms with Crippen LogP contribution in [0.4, 0.5) is 11.4 Å². The highest BCUT2D eigenvalue weighted by molar-refractivity contribution is 6.12. The van der Waals surface area contributed by atoms with Gasteiger partial charge in [0.15, 0.2) is 5.60 Å². The lowest BCUT2D eigenvalue weighted by Gasteiger charge is -2.27. The maximum Gasteiger partial charge on any atom is 0.268 e. The number of carbonyl (C=O) groups excluding carboxylic acids is 1. The van der Waals surface area contributed by atoms with Crippen LogP contribution >= 0.6 is 0 Å². The van der Waals surface area contributed by atoms with Crippen LogP contribution in [0.5, 0.6) is 0 Å². The standard InChI is InChI=1S/C20H21NO3/c1-15(9-7-8-14-22)20(24)17-12-5-6-13-18(17)21(19(20)23)16-10-3-2-4-11-16/h2-7,9-13,15,22,24H,8,14H2,1H3/b9-7+/t15-,20+/m1/s1. The topological polar surface area (TPSA) is 60.8 Å². The van der Waals surface area contributed by atoms with Crippen LogP contribution in [0.15, 0.2) is 66.7 Å². The lowest BCUT2D eigenvalue weighted by Crippen LogP contribution is -2.42. The number of aliphatic hydroxyl groups excluding tert-OH is 1. The first kappa shape index (κ1) is 16.4. The van der Waals surface area contributed by atoms with E-state index in [0.717, 1.165) is 5.69 Å². The summed E-state index contributed by atoms with van der Waals surface area (Å²) < 4.78 is 0. The summed E-state index contributed by atoms with van der Waals surface area (Å²) in [5, 5.41) is 20.2. The molecule has 124 valence electrons. The maximum atomic E-state index is 13.2. The Kier molecular flexibility index (Phi) is 4.51. The number of anilines is 2. The molecule has 1 heterocycles. The zero-order chi connectivity index (χ0) is 17.2. The first-order valence-corrected chi connectivity index (χ1v) is 8.09. The van der Waals surface area contributed by atoms with Crippen LogP contribution in [-0.4, -0.2) is 22.7 Å². The fourth-order valence-corrected chi connectivity index (χ4v) is 3.17. The molecule has 0 aliphatic carbocycles. The number of carbonyl (C=O) groups is 1. The third-order valence-electron chi connectivity index (χ3n) is 4.48. The Bertz CT molecular complexity index is 756. The van der Waals surface area contributed by atoms with Gasteiger partial charge in [-0.1, -0.05) is 55.5 Å². The van der Waals surface area contributed by atoms with Crippen molar-refractivity contribution in [3.63, 3.8) is 0 Å². The van der Waals surface area contributed by atoms with Crippen LogP contribution in [-0.2, 0) is 10.4 Å². The van der Waals surface area contributed by atoms with Gasteiger partial charge in [0.25, 0.3) is 5.91 Å². The summed E-state index contributed by atoms with van der Waals surface area (Å²) in [4.78, 5) is 14.7. The summed E-state index contributed by atoms with van der Waals surface area (Å²) in [5.74, 6) is -0.762. The van der Waals surface area contributed by atoms with Crippen molar-refractivity contribution in [1.82, 2.24) is 0 Å². The summed E-state index contributed by atoms with van der Waals surface area (Å²) in [6.45, 7) is 1.86. The Morgan fingerprint density at radius 1 is 1.12 bits per heavy atom. The number of para-hydroxylation sites is 2. The van der Waals surface area contributed by atoms with Crippen molar-refractivity contribution < 1.29 is 15.0 Å². The van der Waals surface area contributed by atoms with E-state index in [4.69, 9.17) is 5.11 Å².